The number of amides is 4. The maximum absolute atomic E-state index is 13.2. The molecule has 0 unspecified atom stereocenters. The maximum Gasteiger partial charge on any atom is 0.289 e. The van der Waals surface area contributed by atoms with Crippen molar-refractivity contribution in [3.05, 3.63) is 58.5 Å². The van der Waals surface area contributed by atoms with Crippen LogP contribution in [0, 0.1) is 11.7 Å². The van der Waals surface area contributed by atoms with E-state index in [1.807, 2.05) is 0 Å². The third-order valence-corrected chi connectivity index (χ3v) is 5.63. The quantitative estimate of drug-likeness (QED) is 0.401. The lowest BCUT2D eigenvalue weighted by molar-refractivity contribution is -0.139. The Hall–Kier alpha value is -3.86. The maximum atomic E-state index is 13.2. The Labute approximate surface area is 205 Å². The molecule has 2 heterocycles. The first-order valence-corrected chi connectivity index (χ1v) is 11.1. The molecule has 35 heavy (non-hydrogen) atoms. The fourth-order valence-electron chi connectivity index (χ4n) is 3.68. The Morgan fingerprint density at radius 3 is 2.49 bits per heavy atom. The molecule has 4 N–H and O–H groups in total. The smallest absolute Gasteiger partial charge is 0.289 e. The second-order valence-corrected chi connectivity index (χ2v) is 8.49. The molecule has 0 bridgehead atoms. The van der Waals surface area contributed by atoms with Gasteiger partial charge in [0, 0.05) is 30.8 Å². The van der Waals surface area contributed by atoms with Gasteiger partial charge in [-0.2, -0.15) is 0 Å². The first-order chi connectivity index (χ1) is 16.6. The zero-order valence-corrected chi connectivity index (χ0v) is 19.6. The second-order valence-electron chi connectivity index (χ2n) is 8.06. The monoisotopic (exact) mass is 503 g/mol. The normalized spacial score (nSPS) is 17.8. The summed E-state index contributed by atoms with van der Waals surface area (Å²) < 4.78 is 13.2. The average molecular weight is 504 g/mol. The largest absolute Gasteiger partial charge is 0.353 e. The van der Waals surface area contributed by atoms with E-state index in [4.69, 9.17) is 11.6 Å². The fraction of sp³-hybridized carbons (Fsp3) is 0.304. The predicted octanol–water partition coefficient (Wildman–Crippen LogP) is 1.45. The van der Waals surface area contributed by atoms with Gasteiger partial charge in [0.15, 0.2) is 0 Å². The van der Waals surface area contributed by atoms with E-state index >= 15 is 0 Å². The molecule has 0 aliphatic carbocycles. The summed E-state index contributed by atoms with van der Waals surface area (Å²) in [5, 5.41) is 9.95. The van der Waals surface area contributed by atoms with Crippen LogP contribution in [0.4, 0.5) is 10.2 Å². The molecule has 2 aromatic rings. The van der Waals surface area contributed by atoms with Gasteiger partial charge in [0.25, 0.3) is 17.7 Å². The predicted molar refractivity (Wildman–Crippen MR) is 124 cm³/mol. The van der Waals surface area contributed by atoms with Gasteiger partial charge in [-0.3, -0.25) is 24.0 Å². The Kier molecular flexibility index (Phi) is 8.13. The van der Waals surface area contributed by atoms with Crippen LogP contribution in [0.1, 0.15) is 40.5 Å². The summed E-state index contributed by atoms with van der Waals surface area (Å²) in [6.07, 6.45) is 1.54. The molecule has 3 atom stereocenters. The molecule has 0 saturated carbocycles. The molecule has 1 aromatic heterocycles. The molecule has 1 fully saturated rings. The first-order valence-electron chi connectivity index (χ1n) is 10.7. The van der Waals surface area contributed by atoms with E-state index in [-0.39, 0.29) is 40.3 Å². The number of aromatic nitrogens is 1. The molecule has 1 saturated heterocycles. The van der Waals surface area contributed by atoms with Crippen molar-refractivity contribution < 1.29 is 28.4 Å². The number of nitrogens with zero attached hydrogens (tertiary/aromatic N) is 1. The van der Waals surface area contributed by atoms with Crippen LogP contribution >= 0.6 is 11.6 Å². The number of carbonyl (C=O) groups excluding carboxylic acids is 5. The van der Waals surface area contributed by atoms with Crippen LogP contribution in [0.25, 0.3) is 0 Å². The highest BCUT2D eigenvalue weighted by atomic mass is 35.5. The zero-order valence-electron chi connectivity index (χ0n) is 18.9. The van der Waals surface area contributed by atoms with Crippen LogP contribution in [0.15, 0.2) is 36.5 Å². The minimum Gasteiger partial charge on any atom is -0.353 e. The average Bonchev–Trinajstić information content (AvgIpc) is 3.15. The van der Waals surface area contributed by atoms with Gasteiger partial charge in [0.05, 0.1) is 16.6 Å². The molecule has 4 amide bonds. The number of hydrogen-bond acceptors (Lipinski definition) is 6. The van der Waals surface area contributed by atoms with Crippen molar-refractivity contribution in [2.24, 2.45) is 5.92 Å². The molecule has 1 aromatic carbocycles. The van der Waals surface area contributed by atoms with Crippen LogP contribution in [0.5, 0.6) is 0 Å². The lowest BCUT2D eigenvalue weighted by atomic mass is 9.94. The van der Waals surface area contributed by atoms with Crippen molar-refractivity contribution in [2.75, 3.05) is 12.4 Å². The van der Waals surface area contributed by atoms with Crippen LogP contribution in [-0.2, 0) is 14.4 Å². The van der Waals surface area contributed by atoms with Crippen molar-refractivity contribution >= 4 is 46.8 Å². The number of pyridine rings is 1. The number of likely N-dealkylation sites (N-methyl/N-ethyl adjacent to an activating group) is 1. The summed E-state index contributed by atoms with van der Waals surface area (Å²) in [7, 11) is 1.27. The molecule has 3 rings (SSSR count). The van der Waals surface area contributed by atoms with Crippen LogP contribution < -0.4 is 21.3 Å². The number of halogens is 2. The van der Waals surface area contributed by atoms with Crippen LogP contribution in [0.2, 0.25) is 5.02 Å². The number of benzene rings is 1. The highest BCUT2D eigenvalue weighted by Gasteiger charge is 2.36. The Bertz CT molecular complexity index is 1170. The number of ketones is 1. The number of carbonyl (C=O) groups is 5. The Morgan fingerprint density at radius 1 is 1.20 bits per heavy atom. The van der Waals surface area contributed by atoms with Crippen LogP contribution in [-0.4, -0.2) is 53.5 Å². The van der Waals surface area contributed by atoms with E-state index in [1.165, 1.54) is 31.4 Å². The van der Waals surface area contributed by atoms with E-state index in [9.17, 15) is 28.4 Å². The standard InChI is InChI=1S/C23H23ClFN5O5/c1-11-7-13(21(33)28-11)8-17(18(31)23(35)26-2)29-22(34)16-9-14(24)10-27-19(16)30-20(32)12-3-5-15(25)6-4-12/h3-6,9-11,13,17H,7-8H2,1-2H3,(H,26,35)(H,28,33)(H,29,34)(H,27,30,32)/t11-,13+,17+/m1/s1. The van der Waals surface area contributed by atoms with Crippen molar-refractivity contribution in [3.63, 3.8) is 0 Å². The van der Waals surface area contributed by atoms with Gasteiger partial charge in [0.2, 0.25) is 11.7 Å². The van der Waals surface area contributed by atoms with Crippen molar-refractivity contribution in [1.29, 1.82) is 0 Å². The Balaban J connectivity index is 1.84. The summed E-state index contributed by atoms with van der Waals surface area (Å²) in [6.45, 7) is 1.81. The molecule has 10 nitrogen and oxygen atoms in total. The molecule has 0 radical (unpaired) electrons. The number of hydrogen-bond donors (Lipinski definition) is 4. The van der Waals surface area contributed by atoms with E-state index in [2.05, 4.69) is 26.3 Å². The SMILES string of the molecule is CNC(=O)C(=O)[C@H](C[C@@H]1C[C@@H](C)NC1=O)NC(=O)c1cc(Cl)cnc1NC(=O)c1ccc(F)cc1. The highest BCUT2D eigenvalue weighted by molar-refractivity contribution is 6.38. The van der Waals surface area contributed by atoms with E-state index in [1.54, 1.807) is 6.92 Å². The second kappa shape index (κ2) is 11.0. The van der Waals surface area contributed by atoms with Gasteiger partial charge in [-0.1, -0.05) is 11.6 Å². The van der Waals surface area contributed by atoms with Gasteiger partial charge in [-0.05, 0) is 50.1 Å². The van der Waals surface area contributed by atoms with E-state index < -0.39 is 41.3 Å². The van der Waals surface area contributed by atoms with Gasteiger partial charge < -0.3 is 21.3 Å². The number of nitrogens with one attached hydrogen (secondary N) is 4. The molecule has 1 aliphatic heterocycles. The van der Waals surface area contributed by atoms with E-state index in [0.717, 1.165) is 12.1 Å². The summed E-state index contributed by atoms with van der Waals surface area (Å²) in [5.74, 6) is -4.93. The third kappa shape index (κ3) is 6.38. The summed E-state index contributed by atoms with van der Waals surface area (Å²) in [5.41, 5.74) is -0.0598. The van der Waals surface area contributed by atoms with Crippen molar-refractivity contribution in [3.8, 4) is 0 Å². The van der Waals surface area contributed by atoms with Gasteiger partial charge in [-0.25, -0.2) is 9.37 Å². The topological polar surface area (TPSA) is 146 Å². The van der Waals surface area contributed by atoms with Gasteiger partial charge >= 0.3 is 0 Å². The van der Waals surface area contributed by atoms with Crippen LogP contribution in [0.3, 0.4) is 0 Å². The van der Waals surface area contributed by atoms with E-state index in [0.29, 0.717) is 6.42 Å². The molecule has 12 heteroatoms. The lowest BCUT2D eigenvalue weighted by Crippen LogP contribution is -2.48. The first kappa shape index (κ1) is 25.8. The van der Waals surface area contributed by atoms with Gasteiger partial charge in [-0.15, -0.1) is 0 Å². The number of rotatable bonds is 8. The minimum absolute atomic E-state index is 0.0769. The molecule has 0 spiro atoms. The summed E-state index contributed by atoms with van der Waals surface area (Å²) in [6, 6.07) is 4.53. The Morgan fingerprint density at radius 2 is 1.89 bits per heavy atom. The molecule has 1 aliphatic rings. The minimum atomic E-state index is -1.32. The van der Waals surface area contributed by atoms with Crippen molar-refractivity contribution in [1.82, 2.24) is 20.9 Å². The summed E-state index contributed by atoms with van der Waals surface area (Å²) >= 11 is 6.00. The highest BCUT2D eigenvalue weighted by Crippen LogP contribution is 2.23. The van der Waals surface area contributed by atoms with Crippen molar-refractivity contribution in [2.45, 2.75) is 31.8 Å². The number of Topliss-reactive ketones (excluding diaryl/α,β-unsaturated/α-hetero) is 1. The summed E-state index contributed by atoms with van der Waals surface area (Å²) in [4.78, 5) is 66.5. The zero-order chi connectivity index (χ0) is 25.7. The molecular weight excluding hydrogens is 481 g/mol. The fourth-order valence-corrected chi connectivity index (χ4v) is 3.84. The van der Waals surface area contributed by atoms with Gasteiger partial charge in [0.1, 0.15) is 11.6 Å². The molecular formula is C23H23ClFN5O5. The number of anilines is 1. The molecule has 184 valence electrons. The lowest BCUT2D eigenvalue weighted by Gasteiger charge is -2.20. The third-order valence-electron chi connectivity index (χ3n) is 5.43.